The Bertz CT molecular complexity index is 552. The van der Waals surface area contributed by atoms with Gasteiger partial charge in [0.2, 0.25) is 0 Å². The Morgan fingerprint density at radius 1 is 1.33 bits per heavy atom. The number of aromatic nitrogens is 2. The molecule has 4 nitrogen and oxygen atoms in total. The molecule has 0 aliphatic carbocycles. The first kappa shape index (κ1) is 14.3. The van der Waals surface area contributed by atoms with Crippen molar-refractivity contribution in [2.45, 2.75) is 51.6 Å². The Labute approximate surface area is 126 Å². The lowest BCUT2D eigenvalue weighted by Gasteiger charge is -2.35. The summed E-state index contributed by atoms with van der Waals surface area (Å²) in [6.45, 7) is 4.02. The van der Waals surface area contributed by atoms with Crippen LogP contribution in [0.3, 0.4) is 0 Å². The minimum Gasteiger partial charge on any atom is -0.360 e. The van der Waals surface area contributed by atoms with Gasteiger partial charge in [-0.3, -0.25) is 9.88 Å². The zero-order valence-corrected chi connectivity index (χ0v) is 12.7. The van der Waals surface area contributed by atoms with Gasteiger partial charge in [0.25, 0.3) is 0 Å². The van der Waals surface area contributed by atoms with Crippen LogP contribution in [0.4, 0.5) is 0 Å². The van der Waals surface area contributed by atoms with E-state index in [9.17, 15) is 0 Å². The molecule has 0 aromatic carbocycles. The van der Waals surface area contributed by atoms with E-state index in [4.69, 9.17) is 4.52 Å². The Hall–Kier alpha value is -1.68. The predicted molar refractivity (Wildman–Crippen MR) is 81.8 cm³/mol. The average molecular weight is 285 g/mol. The molecule has 1 fully saturated rings. The maximum atomic E-state index is 5.37. The van der Waals surface area contributed by atoms with Crippen molar-refractivity contribution in [1.29, 1.82) is 0 Å². The van der Waals surface area contributed by atoms with Crippen LogP contribution in [-0.2, 0) is 13.0 Å². The smallest absolute Gasteiger partial charge is 0.150 e. The maximum Gasteiger partial charge on any atom is 0.150 e. The third-order valence-electron chi connectivity index (χ3n) is 4.24. The van der Waals surface area contributed by atoms with Gasteiger partial charge in [0.05, 0.1) is 12.2 Å². The van der Waals surface area contributed by atoms with E-state index in [1.165, 1.54) is 31.4 Å². The molecule has 21 heavy (non-hydrogen) atoms. The molecule has 0 spiro atoms. The monoisotopic (exact) mass is 285 g/mol. The number of hydrogen-bond donors (Lipinski definition) is 0. The average Bonchev–Trinajstić information content (AvgIpc) is 2.93. The van der Waals surface area contributed by atoms with Crippen LogP contribution in [0.5, 0.6) is 0 Å². The van der Waals surface area contributed by atoms with Gasteiger partial charge in [-0.15, -0.1) is 0 Å². The Kier molecular flexibility index (Phi) is 4.65. The molecular weight excluding hydrogens is 262 g/mol. The summed E-state index contributed by atoms with van der Waals surface area (Å²) in [7, 11) is 0. The summed E-state index contributed by atoms with van der Waals surface area (Å²) >= 11 is 0. The van der Waals surface area contributed by atoms with Crippen molar-refractivity contribution < 1.29 is 4.52 Å². The van der Waals surface area contributed by atoms with Crippen LogP contribution in [0, 0.1) is 6.92 Å². The Morgan fingerprint density at radius 3 is 3.05 bits per heavy atom. The second-order valence-electron chi connectivity index (χ2n) is 5.91. The van der Waals surface area contributed by atoms with Crippen molar-refractivity contribution in [2.24, 2.45) is 0 Å². The van der Waals surface area contributed by atoms with Gasteiger partial charge in [-0.25, -0.2) is 0 Å². The van der Waals surface area contributed by atoms with Gasteiger partial charge < -0.3 is 4.52 Å². The van der Waals surface area contributed by atoms with Crippen molar-refractivity contribution >= 4 is 0 Å². The van der Waals surface area contributed by atoms with Gasteiger partial charge in [-0.1, -0.05) is 17.6 Å². The van der Waals surface area contributed by atoms with Gasteiger partial charge in [0.15, 0.2) is 5.76 Å². The van der Waals surface area contributed by atoms with E-state index in [1.54, 1.807) is 0 Å². The van der Waals surface area contributed by atoms with E-state index in [1.807, 2.05) is 25.3 Å². The summed E-state index contributed by atoms with van der Waals surface area (Å²) in [5, 5.41) is 3.99. The molecule has 0 saturated carbocycles. The zero-order chi connectivity index (χ0) is 14.5. The molecule has 0 N–H and O–H groups in total. The fourth-order valence-corrected chi connectivity index (χ4v) is 3.15. The van der Waals surface area contributed by atoms with Gasteiger partial charge in [-0.05, 0) is 51.3 Å². The molecule has 0 bridgehead atoms. The van der Waals surface area contributed by atoms with Crippen LogP contribution in [0.25, 0.3) is 0 Å². The predicted octanol–water partition coefficient (Wildman–Crippen LogP) is 3.37. The van der Waals surface area contributed by atoms with E-state index in [0.717, 1.165) is 31.0 Å². The molecule has 2 aromatic heterocycles. The third-order valence-corrected chi connectivity index (χ3v) is 4.24. The minimum absolute atomic E-state index is 0.631. The van der Waals surface area contributed by atoms with Gasteiger partial charge >= 0.3 is 0 Å². The molecule has 0 unspecified atom stereocenters. The van der Waals surface area contributed by atoms with Crippen molar-refractivity contribution in [2.75, 3.05) is 6.54 Å². The van der Waals surface area contributed by atoms with Crippen LogP contribution < -0.4 is 0 Å². The first-order valence-electron chi connectivity index (χ1n) is 7.87. The van der Waals surface area contributed by atoms with Crippen molar-refractivity contribution in [3.8, 4) is 0 Å². The zero-order valence-electron chi connectivity index (χ0n) is 12.7. The Morgan fingerprint density at radius 2 is 2.29 bits per heavy atom. The first-order valence-corrected chi connectivity index (χ1v) is 7.87. The van der Waals surface area contributed by atoms with Crippen molar-refractivity contribution in [3.63, 3.8) is 0 Å². The number of piperidine rings is 1. The molecule has 0 amide bonds. The fourth-order valence-electron chi connectivity index (χ4n) is 3.15. The van der Waals surface area contributed by atoms with Gasteiger partial charge in [0, 0.05) is 24.0 Å². The number of likely N-dealkylation sites (tertiary alicyclic amines) is 1. The molecule has 3 heterocycles. The quantitative estimate of drug-likeness (QED) is 0.844. The van der Waals surface area contributed by atoms with E-state index in [0.29, 0.717) is 6.04 Å². The summed E-state index contributed by atoms with van der Waals surface area (Å²) in [6, 6.07) is 8.84. The van der Waals surface area contributed by atoms with Crippen LogP contribution in [0.2, 0.25) is 0 Å². The lowest BCUT2D eigenvalue weighted by Crippen LogP contribution is -2.39. The van der Waals surface area contributed by atoms with Crippen LogP contribution in [0.15, 0.2) is 35.0 Å². The summed E-state index contributed by atoms with van der Waals surface area (Å²) in [5.74, 6) is 0.984. The van der Waals surface area contributed by atoms with Crippen molar-refractivity contribution in [1.82, 2.24) is 15.0 Å². The molecule has 1 saturated heterocycles. The van der Waals surface area contributed by atoms with Gasteiger partial charge in [-0.2, -0.15) is 0 Å². The van der Waals surface area contributed by atoms with E-state index < -0.39 is 0 Å². The maximum absolute atomic E-state index is 5.37. The van der Waals surface area contributed by atoms with Crippen LogP contribution >= 0.6 is 0 Å². The Balaban J connectivity index is 1.59. The standard InChI is InChI=1S/C17H23N3O/c1-14-12-17(21-19-14)13-20-11-5-3-7-16(20)9-8-15-6-2-4-10-18-15/h2,4,6,10,12,16H,3,5,7-9,11,13H2,1H3/t16-/m0/s1. The summed E-state index contributed by atoms with van der Waals surface area (Å²) < 4.78 is 5.37. The second kappa shape index (κ2) is 6.85. The topological polar surface area (TPSA) is 42.2 Å². The van der Waals surface area contributed by atoms with Crippen LogP contribution in [-0.4, -0.2) is 27.6 Å². The SMILES string of the molecule is Cc1cc(CN2CCCC[C@H]2CCc2ccccn2)on1. The van der Waals surface area contributed by atoms with E-state index in [2.05, 4.69) is 27.2 Å². The van der Waals surface area contributed by atoms with Crippen LogP contribution in [0.1, 0.15) is 42.8 Å². The number of rotatable bonds is 5. The molecule has 1 aliphatic heterocycles. The highest BCUT2D eigenvalue weighted by atomic mass is 16.5. The third kappa shape index (κ3) is 3.91. The lowest BCUT2D eigenvalue weighted by molar-refractivity contribution is 0.119. The van der Waals surface area contributed by atoms with E-state index >= 15 is 0 Å². The molecule has 1 atom stereocenters. The van der Waals surface area contributed by atoms with Gasteiger partial charge in [0.1, 0.15) is 0 Å². The molecule has 4 heteroatoms. The van der Waals surface area contributed by atoms with E-state index in [-0.39, 0.29) is 0 Å². The molecule has 2 aromatic rings. The lowest BCUT2D eigenvalue weighted by atomic mass is 9.97. The summed E-state index contributed by atoms with van der Waals surface area (Å²) in [5.41, 5.74) is 2.16. The fraction of sp³-hybridized carbons (Fsp3) is 0.529. The number of nitrogens with zero attached hydrogens (tertiary/aromatic N) is 3. The number of pyridine rings is 1. The minimum atomic E-state index is 0.631. The molecule has 112 valence electrons. The molecule has 1 aliphatic rings. The normalized spacial score (nSPS) is 19.8. The number of aryl methyl sites for hydroxylation is 2. The highest BCUT2D eigenvalue weighted by Crippen LogP contribution is 2.23. The second-order valence-corrected chi connectivity index (χ2v) is 5.91. The molecular formula is C17H23N3O. The molecule has 0 radical (unpaired) electrons. The molecule has 3 rings (SSSR count). The first-order chi connectivity index (χ1) is 10.3. The highest BCUT2D eigenvalue weighted by molar-refractivity contribution is 5.05. The largest absolute Gasteiger partial charge is 0.360 e. The highest BCUT2D eigenvalue weighted by Gasteiger charge is 2.23. The summed E-state index contributed by atoms with van der Waals surface area (Å²) in [4.78, 5) is 6.98. The van der Waals surface area contributed by atoms with Crippen molar-refractivity contribution in [3.05, 3.63) is 47.6 Å². The number of hydrogen-bond acceptors (Lipinski definition) is 4. The summed E-state index contributed by atoms with van der Waals surface area (Å²) in [6.07, 6.45) is 8.00.